The molecular weight excluding hydrogens is 320 g/mol. The fraction of sp³-hybridized carbons (Fsp3) is 0.211. The molecule has 6 nitrogen and oxygen atoms in total. The number of anilines is 1. The first-order valence-electron chi connectivity index (χ1n) is 7.98. The first kappa shape index (κ1) is 18.2. The molecule has 2 rings (SSSR count). The van der Waals surface area contributed by atoms with Crippen LogP contribution in [0.2, 0.25) is 0 Å². The van der Waals surface area contributed by atoms with Gasteiger partial charge in [0.25, 0.3) is 11.8 Å². The molecule has 0 aliphatic heterocycles. The van der Waals surface area contributed by atoms with Gasteiger partial charge in [0.05, 0.1) is 11.3 Å². The molecule has 6 heteroatoms. The van der Waals surface area contributed by atoms with Gasteiger partial charge in [-0.25, -0.2) is 0 Å². The van der Waals surface area contributed by atoms with E-state index in [-0.39, 0.29) is 11.8 Å². The minimum Gasteiger partial charge on any atom is -0.427 e. The number of amides is 2. The lowest BCUT2D eigenvalue weighted by Gasteiger charge is -2.11. The van der Waals surface area contributed by atoms with Crippen molar-refractivity contribution in [3.63, 3.8) is 0 Å². The van der Waals surface area contributed by atoms with Crippen LogP contribution in [0, 0.1) is 0 Å². The van der Waals surface area contributed by atoms with Crippen molar-refractivity contribution in [2.75, 3.05) is 11.9 Å². The van der Waals surface area contributed by atoms with Crippen LogP contribution in [0.4, 0.5) is 5.69 Å². The zero-order chi connectivity index (χ0) is 18.2. The molecule has 0 unspecified atom stereocenters. The maximum absolute atomic E-state index is 12.4. The van der Waals surface area contributed by atoms with E-state index in [1.807, 2.05) is 6.92 Å². The zero-order valence-corrected chi connectivity index (χ0v) is 14.2. The van der Waals surface area contributed by atoms with E-state index < -0.39 is 5.97 Å². The molecule has 2 aromatic carbocycles. The monoisotopic (exact) mass is 340 g/mol. The van der Waals surface area contributed by atoms with Gasteiger partial charge in [-0.15, -0.1) is 0 Å². The third-order valence-corrected chi connectivity index (χ3v) is 3.33. The summed E-state index contributed by atoms with van der Waals surface area (Å²) in [6.07, 6.45) is 0.828. The van der Waals surface area contributed by atoms with Crippen molar-refractivity contribution in [2.45, 2.75) is 20.3 Å². The van der Waals surface area contributed by atoms with Gasteiger partial charge in [0.2, 0.25) is 0 Å². The summed E-state index contributed by atoms with van der Waals surface area (Å²) in [4.78, 5) is 35.5. The summed E-state index contributed by atoms with van der Waals surface area (Å²) >= 11 is 0. The maximum Gasteiger partial charge on any atom is 0.308 e. The quantitative estimate of drug-likeness (QED) is 0.625. The molecule has 0 spiro atoms. The van der Waals surface area contributed by atoms with E-state index in [0.29, 0.717) is 29.1 Å². The summed E-state index contributed by atoms with van der Waals surface area (Å²) in [6, 6.07) is 13.0. The Morgan fingerprint density at radius 3 is 2.28 bits per heavy atom. The fourth-order valence-corrected chi connectivity index (χ4v) is 2.16. The van der Waals surface area contributed by atoms with Crippen LogP contribution in [0.15, 0.2) is 48.5 Å². The number of carbonyl (C=O) groups is 3. The molecule has 0 saturated heterocycles. The third kappa shape index (κ3) is 5.17. The predicted octanol–water partition coefficient (Wildman–Crippen LogP) is 3.00. The zero-order valence-electron chi connectivity index (χ0n) is 14.2. The van der Waals surface area contributed by atoms with Gasteiger partial charge >= 0.3 is 5.97 Å². The van der Waals surface area contributed by atoms with Crippen LogP contribution in [0.5, 0.6) is 5.75 Å². The molecule has 0 aliphatic rings. The number of esters is 1. The van der Waals surface area contributed by atoms with Crippen molar-refractivity contribution < 1.29 is 19.1 Å². The molecule has 0 bridgehead atoms. The number of para-hydroxylation sites is 1. The van der Waals surface area contributed by atoms with E-state index in [1.54, 1.807) is 36.4 Å². The molecule has 0 heterocycles. The molecule has 25 heavy (non-hydrogen) atoms. The highest BCUT2D eigenvalue weighted by Gasteiger charge is 2.13. The van der Waals surface area contributed by atoms with Crippen molar-refractivity contribution in [3.8, 4) is 5.75 Å². The second-order valence-electron chi connectivity index (χ2n) is 5.37. The van der Waals surface area contributed by atoms with E-state index in [9.17, 15) is 14.4 Å². The first-order chi connectivity index (χ1) is 12.0. The predicted molar refractivity (Wildman–Crippen MR) is 94.8 cm³/mol. The Morgan fingerprint density at radius 2 is 1.64 bits per heavy atom. The Balaban J connectivity index is 2.12. The van der Waals surface area contributed by atoms with E-state index in [0.717, 1.165) is 6.42 Å². The molecule has 130 valence electrons. The van der Waals surface area contributed by atoms with Crippen molar-refractivity contribution >= 4 is 23.5 Å². The number of ether oxygens (including phenoxy) is 1. The average molecular weight is 340 g/mol. The van der Waals surface area contributed by atoms with Gasteiger partial charge in [-0.2, -0.15) is 0 Å². The number of hydrogen-bond donors (Lipinski definition) is 2. The van der Waals surface area contributed by atoms with Crippen LogP contribution in [0.1, 0.15) is 41.0 Å². The molecule has 0 aliphatic carbocycles. The Hall–Kier alpha value is -3.15. The summed E-state index contributed by atoms with van der Waals surface area (Å²) in [7, 11) is 0. The van der Waals surface area contributed by atoms with Crippen molar-refractivity contribution in [1.29, 1.82) is 0 Å². The molecule has 0 aromatic heterocycles. The standard InChI is InChI=1S/C19H20N2O4/c1-3-12-20-19(24)16-6-4-5-7-17(16)21-18(23)14-8-10-15(11-9-14)25-13(2)22/h4-11H,3,12H2,1-2H3,(H,20,24)(H,21,23). The Bertz CT molecular complexity index is 769. The maximum atomic E-state index is 12.4. The van der Waals surface area contributed by atoms with E-state index in [2.05, 4.69) is 10.6 Å². The van der Waals surface area contributed by atoms with Crippen LogP contribution in [-0.2, 0) is 4.79 Å². The lowest BCUT2D eigenvalue weighted by Crippen LogP contribution is -2.25. The minimum atomic E-state index is -0.427. The van der Waals surface area contributed by atoms with Gasteiger partial charge in [0, 0.05) is 19.0 Å². The van der Waals surface area contributed by atoms with Crippen LogP contribution >= 0.6 is 0 Å². The van der Waals surface area contributed by atoms with E-state index in [4.69, 9.17) is 4.74 Å². The Morgan fingerprint density at radius 1 is 0.960 bits per heavy atom. The van der Waals surface area contributed by atoms with Crippen LogP contribution in [-0.4, -0.2) is 24.3 Å². The summed E-state index contributed by atoms with van der Waals surface area (Å²) < 4.78 is 4.93. The van der Waals surface area contributed by atoms with E-state index in [1.165, 1.54) is 19.1 Å². The second kappa shape index (κ2) is 8.63. The van der Waals surface area contributed by atoms with Gasteiger partial charge < -0.3 is 15.4 Å². The largest absolute Gasteiger partial charge is 0.427 e. The van der Waals surface area contributed by atoms with Gasteiger partial charge in [0.15, 0.2) is 0 Å². The average Bonchev–Trinajstić information content (AvgIpc) is 2.60. The van der Waals surface area contributed by atoms with Gasteiger partial charge in [-0.1, -0.05) is 19.1 Å². The number of hydrogen-bond acceptors (Lipinski definition) is 4. The molecule has 0 fully saturated rings. The third-order valence-electron chi connectivity index (χ3n) is 3.33. The van der Waals surface area contributed by atoms with Gasteiger partial charge in [0.1, 0.15) is 5.75 Å². The van der Waals surface area contributed by atoms with Crippen molar-refractivity contribution in [3.05, 3.63) is 59.7 Å². The topological polar surface area (TPSA) is 84.5 Å². The summed E-state index contributed by atoms with van der Waals surface area (Å²) in [6.45, 7) is 3.84. The van der Waals surface area contributed by atoms with Crippen LogP contribution in [0.25, 0.3) is 0 Å². The SMILES string of the molecule is CCCNC(=O)c1ccccc1NC(=O)c1ccc(OC(C)=O)cc1. The van der Waals surface area contributed by atoms with Crippen molar-refractivity contribution in [1.82, 2.24) is 5.32 Å². The molecule has 2 aromatic rings. The second-order valence-corrected chi connectivity index (χ2v) is 5.37. The molecular formula is C19H20N2O4. The first-order valence-corrected chi connectivity index (χ1v) is 7.98. The minimum absolute atomic E-state index is 0.233. The number of rotatable bonds is 6. The number of carbonyl (C=O) groups excluding carboxylic acids is 3. The summed E-state index contributed by atoms with van der Waals surface area (Å²) in [5.41, 5.74) is 1.23. The highest BCUT2D eigenvalue weighted by Crippen LogP contribution is 2.18. The summed E-state index contributed by atoms with van der Waals surface area (Å²) in [5, 5.41) is 5.53. The number of nitrogens with one attached hydrogen (secondary N) is 2. The fourth-order valence-electron chi connectivity index (χ4n) is 2.16. The smallest absolute Gasteiger partial charge is 0.308 e. The van der Waals surface area contributed by atoms with Crippen LogP contribution < -0.4 is 15.4 Å². The van der Waals surface area contributed by atoms with Gasteiger partial charge in [-0.05, 0) is 42.8 Å². The van der Waals surface area contributed by atoms with Crippen molar-refractivity contribution in [2.24, 2.45) is 0 Å². The highest BCUT2D eigenvalue weighted by atomic mass is 16.5. The lowest BCUT2D eigenvalue weighted by molar-refractivity contribution is -0.131. The summed E-state index contributed by atoms with van der Waals surface area (Å²) in [5.74, 6) is -0.652. The molecule has 2 amide bonds. The highest BCUT2D eigenvalue weighted by molar-refractivity contribution is 6.09. The normalized spacial score (nSPS) is 10.0. The Kier molecular flexibility index (Phi) is 6.28. The lowest BCUT2D eigenvalue weighted by atomic mass is 10.1. The molecule has 0 saturated carbocycles. The van der Waals surface area contributed by atoms with Gasteiger partial charge in [-0.3, -0.25) is 14.4 Å². The Labute approximate surface area is 146 Å². The van der Waals surface area contributed by atoms with Crippen LogP contribution in [0.3, 0.4) is 0 Å². The van der Waals surface area contributed by atoms with E-state index >= 15 is 0 Å². The molecule has 0 radical (unpaired) electrons. The molecule has 2 N–H and O–H groups in total. The number of benzene rings is 2. The molecule has 0 atom stereocenters.